The summed E-state index contributed by atoms with van der Waals surface area (Å²) >= 11 is 0. The van der Waals surface area contributed by atoms with Gasteiger partial charge in [-0.3, -0.25) is 0 Å². The van der Waals surface area contributed by atoms with Crippen molar-refractivity contribution < 1.29 is 0 Å². The molecule has 2 heterocycles. The van der Waals surface area contributed by atoms with Crippen LogP contribution in [-0.2, 0) is 13.1 Å². The second-order valence-corrected chi connectivity index (χ2v) is 6.13. The molecule has 1 aliphatic heterocycles. The van der Waals surface area contributed by atoms with Crippen LogP contribution in [0, 0.1) is 0 Å². The molecule has 114 valence electrons. The number of fused-ring (bicyclic) bond motifs is 1. The normalized spacial score (nSPS) is 16.0. The Morgan fingerprint density at radius 1 is 1.10 bits per heavy atom. The molecule has 0 saturated carbocycles. The Morgan fingerprint density at radius 2 is 1.95 bits per heavy atom. The summed E-state index contributed by atoms with van der Waals surface area (Å²) in [6.45, 7) is 9.13. The largest absolute Gasteiger partial charge is 0.346 e. The van der Waals surface area contributed by atoms with Crippen molar-refractivity contribution in [3.63, 3.8) is 0 Å². The van der Waals surface area contributed by atoms with Crippen molar-refractivity contribution in [2.24, 2.45) is 0 Å². The highest BCUT2D eigenvalue weighted by molar-refractivity contribution is 5.80. The van der Waals surface area contributed by atoms with Gasteiger partial charge in [-0.15, -0.1) is 0 Å². The Bertz CT molecular complexity index is 567. The molecule has 3 rings (SSSR count). The molecular formula is C18H27N3. The average Bonchev–Trinajstić information content (AvgIpc) is 3.14. The summed E-state index contributed by atoms with van der Waals surface area (Å²) in [5.41, 5.74) is 2.77. The first-order valence-electron chi connectivity index (χ1n) is 8.37. The molecule has 1 aliphatic rings. The van der Waals surface area contributed by atoms with Crippen molar-refractivity contribution >= 4 is 10.9 Å². The van der Waals surface area contributed by atoms with Crippen molar-refractivity contribution in [3.8, 4) is 0 Å². The van der Waals surface area contributed by atoms with E-state index in [2.05, 4.69) is 52.2 Å². The Kier molecular flexibility index (Phi) is 4.94. The summed E-state index contributed by atoms with van der Waals surface area (Å²) in [4.78, 5) is 2.58. The minimum absolute atomic E-state index is 0.973. The molecule has 0 bridgehead atoms. The lowest BCUT2D eigenvalue weighted by atomic mass is 10.1. The van der Waals surface area contributed by atoms with E-state index >= 15 is 0 Å². The first-order valence-corrected chi connectivity index (χ1v) is 8.37. The number of hydrogen-bond donors (Lipinski definition) is 1. The van der Waals surface area contributed by atoms with Crippen LogP contribution in [0.4, 0.5) is 0 Å². The van der Waals surface area contributed by atoms with Crippen LogP contribution in [0.3, 0.4) is 0 Å². The van der Waals surface area contributed by atoms with Crippen LogP contribution in [0.5, 0.6) is 0 Å². The molecule has 1 saturated heterocycles. The van der Waals surface area contributed by atoms with E-state index in [0.717, 1.165) is 19.6 Å². The van der Waals surface area contributed by atoms with Gasteiger partial charge in [0.15, 0.2) is 0 Å². The highest BCUT2D eigenvalue weighted by Crippen LogP contribution is 2.18. The van der Waals surface area contributed by atoms with E-state index in [0.29, 0.717) is 0 Å². The maximum Gasteiger partial charge on any atom is 0.0483 e. The summed E-state index contributed by atoms with van der Waals surface area (Å²) in [6, 6.07) is 9.09. The van der Waals surface area contributed by atoms with Crippen LogP contribution in [0.15, 0.2) is 30.5 Å². The molecule has 3 heteroatoms. The monoisotopic (exact) mass is 285 g/mol. The van der Waals surface area contributed by atoms with Crippen molar-refractivity contribution in [1.82, 2.24) is 14.8 Å². The molecule has 0 atom stereocenters. The zero-order chi connectivity index (χ0) is 14.5. The highest BCUT2D eigenvalue weighted by Gasteiger charge is 2.11. The third-order valence-corrected chi connectivity index (χ3v) is 4.45. The Morgan fingerprint density at radius 3 is 2.76 bits per heavy atom. The number of nitrogens with zero attached hydrogens (tertiary/aromatic N) is 2. The number of rotatable bonds is 7. The second-order valence-electron chi connectivity index (χ2n) is 6.13. The molecule has 3 nitrogen and oxygen atoms in total. The summed E-state index contributed by atoms with van der Waals surface area (Å²) in [5.74, 6) is 0. The Balaban J connectivity index is 1.67. The predicted molar refractivity (Wildman–Crippen MR) is 89.6 cm³/mol. The molecule has 1 fully saturated rings. The van der Waals surface area contributed by atoms with Crippen LogP contribution in [0.2, 0.25) is 0 Å². The van der Waals surface area contributed by atoms with Gasteiger partial charge < -0.3 is 14.8 Å². The van der Waals surface area contributed by atoms with Crippen molar-refractivity contribution in [3.05, 3.63) is 36.0 Å². The molecule has 0 unspecified atom stereocenters. The van der Waals surface area contributed by atoms with Gasteiger partial charge in [0, 0.05) is 31.3 Å². The predicted octanol–water partition coefficient (Wildman–Crippen LogP) is 3.24. The van der Waals surface area contributed by atoms with E-state index < -0.39 is 0 Å². The molecule has 1 aromatic heterocycles. The van der Waals surface area contributed by atoms with Gasteiger partial charge in [-0.2, -0.15) is 0 Å². The smallest absolute Gasteiger partial charge is 0.0483 e. The molecule has 21 heavy (non-hydrogen) atoms. The highest BCUT2D eigenvalue weighted by atomic mass is 15.2. The minimum atomic E-state index is 0.973. The van der Waals surface area contributed by atoms with E-state index in [1.54, 1.807) is 0 Å². The van der Waals surface area contributed by atoms with E-state index in [-0.39, 0.29) is 0 Å². The zero-order valence-electron chi connectivity index (χ0n) is 13.1. The third kappa shape index (κ3) is 3.66. The standard InChI is InChI=1S/C18H27N3/c1-2-8-19-15-16-5-6-17-7-11-21(18(17)14-16)13-12-20-9-3-4-10-20/h5-7,11,14,19H,2-4,8-10,12-13,15H2,1H3. The Hall–Kier alpha value is -1.32. The number of hydrogen-bond acceptors (Lipinski definition) is 2. The summed E-state index contributed by atoms with van der Waals surface area (Å²) in [7, 11) is 0. The molecular weight excluding hydrogens is 258 g/mol. The molecule has 0 amide bonds. The minimum Gasteiger partial charge on any atom is -0.346 e. The summed E-state index contributed by atoms with van der Waals surface area (Å²) in [6.07, 6.45) is 6.18. The third-order valence-electron chi connectivity index (χ3n) is 4.45. The van der Waals surface area contributed by atoms with Gasteiger partial charge in [0.1, 0.15) is 0 Å². The lowest BCUT2D eigenvalue weighted by molar-refractivity contribution is 0.324. The van der Waals surface area contributed by atoms with Crippen molar-refractivity contribution in [1.29, 1.82) is 0 Å². The van der Waals surface area contributed by atoms with Crippen molar-refractivity contribution in [2.45, 2.75) is 39.3 Å². The van der Waals surface area contributed by atoms with Gasteiger partial charge in [-0.25, -0.2) is 0 Å². The van der Waals surface area contributed by atoms with E-state index in [9.17, 15) is 0 Å². The molecule has 0 spiro atoms. The van der Waals surface area contributed by atoms with Crippen molar-refractivity contribution in [2.75, 3.05) is 26.2 Å². The maximum absolute atomic E-state index is 3.49. The number of benzene rings is 1. The number of aromatic nitrogens is 1. The molecule has 1 aromatic carbocycles. The van der Waals surface area contributed by atoms with Crippen LogP contribution in [0.1, 0.15) is 31.7 Å². The lowest BCUT2D eigenvalue weighted by Crippen LogP contribution is -2.23. The van der Waals surface area contributed by atoms with Gasteiger partial charge >= 0.3 is 0 Å². The summed E-state index contributed by atoms with van der Waals surface area (Å²) in [5, 5.41) is 4.84. The maximum atomic E-state index is 3.49. The van der Waals surface area contributed by atoms with Crippen LogP contribution in [-0.4, -0.2) is 35.6 Å². The SMILES string of the molecule is CCCNCc1ccc2ccn(CCN3CCCC3)c2c1. The fourth-order valence-electron chi connectivity index (χ4n) is 3.20. The molecule has 2 aromatic rings. The van der Waals surface area contributed by atoms with Crippen LogP contribution < -0.4 is 5.32 Å². The lowest BCUT2D eigenvalue weighted by Gasteiger charge is -2.15. The second kappa shape index (κ2) is 7.10. The number of likely N-dealkylation sites (tertiary alicyclic amines) is 1. The Labute approximate surface area is 127 Å². The topological polar surface area (TPSA) is 20.2 Å². The van der Waals surface area contributed by atoms with Crippen LogP contribution in [0.25, 0.3) is 10.9 Å². The van der Waals surface area contributed by atoms with Gasteiger partial charge in [-0.1, -0.05) is 19.1 Å². The quantitative estimate of drug-likeness (QED) is 0.788. The first kappa shape index (κ1) is 14.6. The average molecular weight is 285 g/mol. The van der Waals surface area contributed by atoms with E-state index in [4.69, 9.17) is 0 Å². The van der Waals surface area contributed by atoms with E-state index in [1.165, 1.54) is 55.4 Å². The fourth-order valence-corrected chi connectivity index (χ4v) is 3.20. The fraction of sp³-hybridized carbons (Fsp3) is 0.556. The number of nitrogens with one attached hydrogen (secondary N) is 1. The zero-order valence-corrected chi connectivity index (χ0v) is 13.1. The molecule has 0 aliphatic carbocycles. The van der Waals surface area contributed by atoms with Gasteiger partial charge in [0.05, 0.1) is 0 Å². The van der Waals surface area contributed by atoms with Gasteiger partial charge in [-0.05, 0) is 62.0 Å². The van der Waals surface area contributed by atoms with Gasteiger partial charge in [0.2, 0.25) is 0 Å². The van der Waals surface area contributed by atoms with Crippen LogP contribution >= 0.6 is 0 Å². The first-order chi connectivity index (χ1) is 10.4. The molecule has 0 radical (unpaired) electrons. The molecule has 1 N–H and O–H groups in total. The summed E-state index contributed by atoms with van der Waals surface area (Å²) < 4.78 is 2.41. The van der Waals surface area contributed by atoms with Gasteiger partial charge in [0.25, 0.3) is 0 Å². The van der Waals surface area contributed by atoms with E-state index in [1.807, 2.05) is 0 Å².